The SMILES string of the molecule is NNC(CCC1CCCCO1)c1cccc2cccnc12. The highest BCUT2D eigenvalue weighted by Crippen LogP contribution is 2.27. The van der Waals surface area contributed by atoms with E-state index in [1.807, 2.05) is 12.3 Å². The Morgan fingerprint density at radius 3 is 3.00 bits per heavy atom. The van der Waals surface area contributed by atoms with Crippen molar-refractivity contribution in [3.8, 4) is 0 Å². The van der Waals surface area contributed by atoms with Crippen LogP contribution in [0.25, 0.3) is 10.9 Å². The lowest BCUT2D eigenvalue weighted by Crippen LogP contribution is -2.30. The molecule has 1 saturated heterocycles. The van der Waals surface area contributed by atoms with E-state index in [1.54, 1.807) is 0 Å². The fraction of sp³-hybridized carbons (Fsp3) is 0.471. The molecule has 1 aliphatic rings. The van der Waals surface area contributed by atoms with Crippen LogP contribution in [-0.2, 0) is 4.74 Å². The van der Waals surface area contributed by atoms with Crippen molar-refractivity contribution in [2.45, 2.75) is 44.2 Å². The van der Waals surface area contributed by atoms with Crippen molar-refractivity contribution >= 4 is 10.9 Å². The van der Waals surface area contributed by atoms with Crippen LogP contribution in [0.5, 0.6) is 0 Å². The minimum atomic E-state index is 0.120. The van der Waals surface area contributed by atoms with E-state index < -0.39 is 0 Å². The molecule has 2 heterocycles. The van der Waals surface area contributed by atoms with Crippen LogP contribution in [0.2, 0.25) is 0 Å². The number of ether oxygens (including phenoxy) is 1. The third kappa shape index (κ3) is 3.40. The largest absolute Gasteiger partial charge is 0.378 e. The fourth-order valence-electron chi connectivity index (χ4n) is 3.13. The Labute approximate surface area is 125 Å². The van der Waals surface area contributed by atoms with Crippen LogP contribution in [-0.4, -0.2) is 17.7 Å². The lowest BCUT2D eigenvalue weighted by Gasteiger charge is -2.25. The highest BCUT2D eigenvalue weighted by atomic mass is 16.5. The van der Waals surface area contributed by atoms with Gasteiger partial charge in [-0.05, 0) is 43.7 Å². The van der Waals surface area contributed by atoms with E-state index in [1.165, 1.54) is 24.8 Å². The summed E-state index contributed by atoms with van der Waals surface area (Å²) in [4.78, 5) is 4.52. The first-order chi connectivity index (χ1) is 10.4. The molecule has 3 rings (SSSR count). The van der Waals surface area contributed by atoms with Gasteiger partial charge < -0.3 is 4.74 Å². The maximum atomic E-state index is 5.81. The highest BCUT2D eigenvalue weighted by molar-refractivity contribution is 5.81. The number of hydrogen-bond acceptors (Lipinski definition) is 4. The summed E-state index contributed by atoms with van der Waals surface area (Å²) in [5.74, 6) is 5.79. The number of para-hydroxylation sites is 1. The summed E-state index contributed by atoms with van der Waals surface area (Å²) in [6, 6.07) is 10.4. The van der Waals surface area contributed by atoms with Crippen LogP contribution < -0.4 is 11.3 Å². The van der Waals surface area contributed by atoms with Crippen molar-refractivity contribution in [3.63, 3.8) is 0 Å². The second-order valence-electron chi connectivity index (χ2n) is 5.71. The van der Waals surface area contributed by atoms with Gasteiger partial charge in [-0.15, -0.1) is 0 Å². The molecule has 1 fully saturated rings. The number of nitrogens with zero attached hydrogens (tertiary/aromatic N) is 1. The van der Waals surface area contributed by atoms with Gasteiger partial charge in [-0.3, -0.25) is 16.3 Å². The highest BCUT2D eigenvalue weighted by Gasteiger charge is 2.18. The molecule has 21 heavy (non-hydrogen) atoms. The van der Waals surface area contributed by atoms with Crippen molar-refractivity contribution in [1.29, 1.82) is 0 Å². The summed E-state index contributed by atoms with van der Waals surface area (Å²) >= 11 is 0. The maximum absolute atomic E-state index is 5.81. The zero-order chi connectivity index (χ0) is 14.5. The van der Waals surface area contributed by atoms with Crippen LogP contribution in [0.4, 0.5) is 0 Å². The zero-order valence-corrected chi connectivity index (χ0v) is 12.3. The molecule has 0 spiro atoms. The van der Waals surface area contributed by atoms with Crippen molar-refractivity contribution in [2.75, 3.05) is 6.61 Å². The zero-order valence-electron chi connectivity index (χ0n) is 12.3. The monoisotopic (exact) mass is 285 g/mol. The van der Waals surface area contributed by atoms with Gasteiger partial charge in [0.05, 0.1) is 11.6 Å². The number of rotatable bonds is 5. The number of hydrogen-bond donors (Lipinski definition) is 2. The number of hydrazine groups is 1. The topological polar surface area (TPSA) is 60.2 Å². The Morgan fingerprint density at radius 1 is 1.29 bits per heavy atom. The molecule has 4 heteroatoms. The third-order valence-electron chi connectivity index (χ3n) is 4.29. The first kappa shape index (κ1) is 14.4. The molecule has 2 aromatic rings. The summed E-state index contributed by atoms with van der Waals surface area (Å²) in [7, 11) is 0. The summed E-state index contributed by atoms with van der Waals surface area (Å²) < 4.78 is 5.81. The summed E-state index contributed by atoms with van der Waals surface area (Å²) in [6.45, 7) is 0.904. The number of nitrogens with two attached hydrogens (primary N) is 1. The Kier molecular flexibility index (Phi) is 4.80. The average molecular weight is 285 g/mol. The Morgan fingerprint density at radius 2 is 2.19 bits per heavy atom. The standard InChI is InChI=1S/C17H23N3O/c18-20-16(10-9-14-7-1-2-12-21-14)15-8-3-5-13-6-4-11-19-17(13)15/h3-6,8,11,14,16,20H,1-2,7,9-10,12,18H2. The van der Waals surface area contributed by atoms with E-state index in [0.717, 1.165) is 30.4 Å². The molecular weight excluding hydrogens is 262 g/mol. The summed E-state index contributed by atoms with van der Waals surface area (Å²) in [5.41, 5.74) is 5.16. The Balaban J connectivity index is 1.75. The van der Waals surface area contributed by atoms with E-state index in [-0.39, 0.29) is 6.04 Å². The molecule has 112 valence electrons. The van der Waals surface area contributed by atoms with Crippen LogP contribution in [0.15, 0.2) is 36.5 Å². The normalized spacial score (nSPS) is 20.5. The van der Waals surface area contributed by atoms with Crippen molar-refractivity contribution in [1.82, 2.24) is 10.4 Å². The molecule has 4 nitrogen and oxygen atoms in total. The van der Waals surface area contributed by atoms with Crippen molar-refractivity contribution in [2.24, 2.45) is 5.84 Å². The van der Waals surface area contributed by atoms with Gasteiger partial charge in [-0.2, -0.15) is 0 Å². The maximum Gasteiger partial charge on any atom is 0.0750 e. The molecule has 0 radical (unpaired) electrons. The summed E-state index contributed by atoms with van der Waals surface area (Å²) in [6.07, 6.45) is 7.88. The van der Waals surface area contributed by atoms with Gasteiger partial charge in [0, 0.05) is 24.2 Å². The lowest BCUT2D eigenvalue weighted by atomic mass is 9.96. The number of pyridine rings is 1. The Hall–Kier alpha value is -1.49. The molecule has 1 aliphatic heterocycles. The number of benzene rings is 1. The van der Waals surface area contributed by atoms with Gasteiger partial charge in [0.2, 0.25) is 0 Å². The molecule has 2 atom stereocenters. The lowest BCUT2D eigenvalue weighted by molar-refractivity contribution is 0.00856. The van der Waals surface area contributed by atoms with Crippen LogP contribution in [0, 0.1) is 0 Å². The average Bonchev–Trinajstić information content (AvgIpc) is 2.56. The molecule has 0 bridgehead atoms. The molecule has 3 N–H and O–H groups in total. The summed E-state index contributed by atoms with van der Waals surface area (Å²) in [5, 5.41) is 1.16. The molecule has 0 amide bonds. The predicted octanol–water partition coefficient (Wildman–Crippen LogP) is 3.09. The van der Waals surface area contributed by atoms with Crippen LogP contribution in [0.1, 0.15) is 43.7 Å². The second-order valence-corrected chi connectivity index (χ2v) is 5.71. The van der Waals surface area contributed by atoms with E-state index in [9.17, 15) is 0 Å². The van der Waals surface area contributed by atoms with E-state index in [2.05, 4.69) is 34.7 Å². The quantitative estimate of drug-likeness (QED) is 0.654. The molecule has 0 aliphatic carbocycles. The second kappa shape index (κ2) is 6.98. The van der Waals surface area contributed by atoms with Gasteiger partial charge in [0.25, 0.3) is 0 Å². The first-order valence-corrected chi connectivity index (χ1v) is 7.80. The first-order valence-electron chi connectivity index (χ1n) is 7.80. The minimum absolute atomic E-state index is 0.120. The van der Waals surface area contributed by atoms with Crippen LogP contribution in [0.3, 0.4) is 0 Å². The predicted molar refractivity (Wildman–Crippen MR) is 84.6 cm³/mol. The van der Waals surface area contributed by atoms with Gasteiger partial charge in [0.15, 0.2) is 0 Å². The number of aromatic nitrogens is 1. The van der Waals surface area contributed by atoms with Gasteiger partial charge in [-0.25, -0.2) is 0 Å². The molecule has 2 unspecified atom stereocenters. The Bertz CT molecular complexity index is 576. The van der Waals surface area contributed by atoms with E-state index in [0.29, 0.717) is 6.10 Å². The van der Waals surface area contributed by atoms with Crippen molar-refractivity contribution in [3.05, 3.63) is 42.1 Å². The third-order valence-corrected chi connectivity index (χ3v) is 4.29. The number of nitrogens with one attached hydrogen (secondary N) is 1. The molecule has 1 aromatic carbocycles. The smallest absolute Gasteiger partial charge is 0.0750 e. The van der Waals surface area contributed by atoms with E-state index >= 15 is 0 Å². The van der Waals surface area contributed by atoms with Gasteiger partial charge in [0.1, 0.15) is 0 Å². The number of fused-ring (bicyclic) bond motifs is 1. The van der Waals surface area contributed by atoms with E-state index in [4.69, 9.17) is 10.6 Å². The van der Waals surface area contributed by atoms with Gasteiger partial charge in [-0.1, -0.05) is 24.3 Å². The van der Waals surface area contributed by atoms with Gasteiger partial charge >= 0.3 is 0 Å². The van der Waals surface area contributed by atoms with Crippen LogP contribution >= 0.6 is 0 Å². The molecule has 0 saturated carbocycles. The minimum Gasteiger partial charge on any atom is -0.378 e. The molecule has 1 aromatic heterocycles. The van der Waals surface area contributed by atoms with Crippen molar-refractivity contribution < 1.29 is 4.74 Å². The molecular formula is C17H23N3O. The fourth-order valence-corrected chi connectivity index (χ4v) is 3.13.